The summed E-state index contributed by atoms with van der Waals surface area (Å²) in [5.74, 6) is -1.36. The Morgan fingerprint density at radius 3 is 2.44 bits per heavy atom. The Labute approximate surface area is 154 Å². The zero-order chi connectivity index (χ0) is 18.1. The number of rotatable bonds is 3. The Morgan fingerprint density at radius 1 is 1.16 bits per heavy atom. The predicted molar refractivity (Wildman–Crippen MR) is 94.6 cm³/mol. The molecular weight excluding hydrogens is 365 g/mol. The summed E-state index contributed by atoms with van der Waals surface area (Å²) in [5.41, 5.74) is 1.84. The third-order valence-electron chi connectivity index (χ3n) is 4.39. The number of likely N-dealkylation sites (tertiary alicyclic amines) is 1. The highest BCUT2D eigenvalue weighted by molar-refractivity contribution is 6.42. The average Bonchev–Trinajstić information content (AvgIpc) is 2.98. The van der Waals surface area contributed by atoms with Crippen LogP contribution in [0, 0.1) is 12.8 Å². The molecule has 1 N–H and O–H groups in total. The van der Waals surface area contributed by atoms with Crippen molar-refractivity contribution in [1.82, 2.24) is 14.7 Å². The van der Waals surface area contributed by atoms with Gasteiger partial charge >= 0.3 is 5.97 Å². The Bertz CT molecular complexity index is 827. The van der Waals surface area contributed by atoms with Crippen molar-refractivity contribution in [1.29, 1.82) is 0 Å². The van der Waals surface area contributed by atoms with Gasteiger partial charge in [0, 0.05) is 18.8 Å². The summed E-state index contributed by atoms with van der Waals surface area (Å²) in [6.07, 6.45) is 0.932. The number of carboxylic acid groups (broad SMARTS) is 1. The van der Waals surface area contributed by atoms with E-state index in [4.69, 9.17) is 28.3 Å². The quantitative estimate of drug-likeness (QED) is 0.883. The van der Waals surface area contributed by atoms with E-state index in [2.05, 4.69) is 5.10 Å². The smallest absolute Gasteiger partial charge is 0.306 e. The number of carboxylic acids is 1. The van der Waals surface area contributed by atoms with Gasteiger partial charge in [-0.3, -0.25) is 9.59 Å². The van der Waals surface area contributed by atoms with Crippen LogP contribution < -0.4 is 0 Å². The van der Waals surface area contributed by atoms with E-state index in [9.17, 15) is 9.59 Å². The molecule has 1 amide bonds. The molecule has 0 bridgehead atoms. The van der Waals surface area contributed by atoms with Crippen LogP contribution in [0.25, 0.3) is 5.69 Å². The number of amides is 1. The first-order valence-corrected chi connectivity index (χ1v) is 8.66. The van der Waals surface area contributed by atoms with E-state index in [-0.39, 0.29) is 11.8 Å². The molecule has 1 saturated heterocycles. The Morgan fingerprint density at radius 2 is 1.84 bits per heavy atom. The molecule has 25 heavy (non-hydrogen) atoms. The van der Waals surface area contributed by atoms with Gasteiger partial charge in [-0.15, -0.1) is 0 Å². The van der Waals surface area contributed by atoms with Crippen LogP contribution in [0.1, 0.15) is 29.0 Å². The lowest BCUT2D eigenvalue weighted by molar-refractivity contribution is -0.143. The van der Waals surface area contributed by atoms with E-state index >= 15 is 0 Å². The highest BCUT2D eigenvalue weighted by Gasteiger charge is 2.28. The van der Waals surface area contributed by atoms with Gasteiger partial charge in [0.1, 0.15) is 0 Å². The van der Waals surface area contributed by atoms with Crippen LogP contribution in [0.2, 0.25) is 10.0 Å². The van der Waals surface area contributed by atoms with Gasteiger partial charge in [-0.05, 0) is 44.0 Å². The summed E-state index contributed by atoms with van der Waals surface area (Å²) in [6.45, 7) is 2.70. The van der Waals surface area contributed by atoms with Gasteiger partial charge in [0.25, 0.3) is 5.91 Å². The molecular formula is C17H17Cl2N3O3. The molecule has 1 aliphatic rings. The fraction of sp³-hybridized carbons (Fsp3) is 0.353. The number of aryl methyl sites for hydroxylation is 1. The first-order valence-electron chi connectivity index (χ1n) is 7.91. The van der Waals surface area contributed by atoms with Gasteiger partial charge in [-0.25, -0.2) is 4.68 Å². The largest absolute Gasteiger partial charge is 0.481 e. The fourth-order valence-electron chi connectivity index (χ4n) is 2.95. The molecule has 1 aromatic heterocycles. The third-order valence-corrected chi connectivity index (χ3v) is 5.12. The SMILES string of the molecule is Cc1cc(C(=O)N2CCC(C(=O)O)CC2)nn1-c1ccc(Cl)c(Cl)c1. The Balaban J connectivity index is 1.79. The van der Waals surface area contributed by atoms with Crippen molar-refractivity contribution in [2.24, 2.45) is 5.92 Å². The van der Waals surface area contributed by atoms with Gasteiger partial charge in [0.2, 0.25) is 0 Å². The molecule has 132 valence electrons. The molecule has 0 atom stereocenters. The number of hydrogen-bond acceptors (Lipinski definition) is 3. The van der Waals surface area contributed by atoms with Crippen LogP contribution in [0.3, 0.4) is 0 Å². The molecule has 3 rings (SSSR count). The second-order valence-corrected chi connectivity index (χ2v) is 6.90. The lowest BCUT2D eigenvalue weighted by atomic mass is 9.97. The van der Waals surface area contributed by atoms with E-state index in [1.165, 1.54) is 0 Å². The molecule has 0 saturated carbocycles. The lowest BCUT2D eigenvalue weighted by Crippen LogP contribution is -2.40. The minimum atomic E-state index is -0.799. The molecule has 0 aliphatic carbocycles. The van der Waals surface area contributed by atoms with Crippen molar-refractivity contribution < 1.29 is 14.7 Å². The van der Waals surface area contributed by atoms with Crippen molar-refractivity contribution in [3.63, 3.8) is 0 Å². The van der Waals surface area contributed by atoms with Gasteiger partial charge in [-0.1, -0.05) is 23.2 Å². The van der Waals surface area contributed by atoms with Crippen LogP contribution in [0.4, 0.5) is 0 Å². The summed E-state index contributed by atoms with van der Waals surface area (Å²) >= 11 is 12.0. The van der Waals surface area contributed by atoms with E-state index in [1.54, 1.807) is 33.8 Å². The maximum absolute atomic E-state index is 12.6. The molecule has 1 aliphatic heterocycles. The third kappa shape index (κ3) is 3.65. The molecule has 0 unspecified atom stereocenters. The summed E-state index contributed by atoms with van der Waals surface area (Å²) in [6, 6.07) is 6.87. The molecule has 2 aromatic rings. The van der Waals surface area contributed by atoms with Crippen LogP contribution in [0.5, 0.6) is 0 Å². The molecule has 0 radical (unpaired) electrons. The number of nitrogens with zero attached hydrogens (tertiary/aromatic N) is 3. The van der Waals surface area contributed by atoms with Gasteiger partial charge in [0.15, 0.2) is 5.69 Å². The first-order chi connectivity index (χ1) is 11.9. The number of benzene rings is 1. The molecule has 1 aromatic carbocycles. The standard InChI is InChI=1S/C17H17Cl2N3O3/c1-10-8-15(16(23)21-6-4-11(5-7-21)17(24)25)20-22(10)12-2-3-13(18)14(19)9-12/h2-3,8-9,11H,4-7H2,1H3,(H,24,25). The Kier molecular flexibility index (Phi) is 5.01. The van der Waals surface area contributed by atoms with Gasteiger partial charge in [-0.2, -0.15) is 5.10 Å². The average molecular weight is 382 g/mol. The van der Waals surface area contributed by atoms with Crippen molar-refractivity contribution in [3.8, 4) is 5.69 Å². The zero-order valence-electron chi connectivity index (χ0n) is 13.6. The number of carbonyl (C=O) groups excluding carboxylic acids is 1. The van der Waals surface area contributed by atoms with E-state index in [1.807, 2.05) is 6.92 Å². The predicted octanol–water partition coefficient (Wildman–Crippen LogP) is 3.42. The highest BCUT2D eigenvalue weighted by atomic mass is 35.5. The number of hydrogen-bond donors (Lipinski definition) is 1. The van der Waals surface area contributed by atoms with Crippen LogP contribution in [-0.4, -0.2) is 44.8 Å². The van der Waals surface area contributed by atoms with E-state index < -0.39 is 5.97 Å². The van der Waals surface area contributed by atoms with Crippen molar-refractivity contribution in [2.75, 3.05) is 13.1 Å². The summed E-state index contributed by atoms with van der Waals surface area (Å²) in [5, 5.41) is 14.3. The summed E-state index contributed by atoms with van der Waals surface area (Å²) in [7, 11) is 0. The van der Waals surface area contributed by atoms with Gasteiger partial charge < -0.3 is 10.0 Å². The number of halogens is 2. The zero-order valence-corrected chi connectivity index (χ0v) is 15.1. The summed E-state index contributed by atoms with van der Waals surface area (Å²) in [4.78, 5) is 25.3. The van der Waals surface area contributed by atoms with Crippen LogP contribution >= 0.6 is 23.2 Å². The Hall–Kier alpha value is -2.05. The monoisotopic (exact) mass is 381 g/mol. The number of carbonyl (C=O) groups is 2. The first kappa shape index (κ1) is 17.8. The number of aromatic nitrogens is 2. The molecule has 2 heterocycles. The topological polar surface area (TPSA) is 75.4 Å². The highest BCUT2D eigenvalue weighted by Crippen LogP contribution is 2.25. The number of aliphatic carboxylic acids is 1. The van der Waals surface area contributed by atoms with Crippen LogP contribution in [0.15, 0.2) is 24.3 Å². The lowest BCUT2D eigenvalue weighted by Gasteiger charge is -2.29. The van der Waals surface area contributed by atoms with E-state index in [0.29, 0.717) is 41.7 Å². The second kappa shape index (κ2) is 7.06. The molecule has 1 fully saturated rings. The van der Waals surface area contributed by atoms with Crippen LogP contribution in [-0.2, 0) is 4.79 Å². The normalized spacial score (nSPS) is 15.4. The second-order valence-electron chi connectivity index (χ2n) is 6.09. The molecule has 6 nitrogen and oxygen atoms in total. The fourth-order valence-corrected chi connectivity index (χ4v) is 3.24. The van der Waals surface area contributed by atoms with Crippen molar-refractivity contribution >= 4 is 35.1 Å². The minimum Gasteiger partial charge on any atom is -0.481 e. The number of piperidine rings is 1. The summed E-state index contributed by atoms with van der Waals surface area (Å²) < 4.78 is 1.64. The minimum absolute atomic E-state index is 0.189. The maximum atomic E-state index is 12.6. The van der Waals surface area contributed by atoms with Crippen molar-refractivity contribution in [3.05, 3.63) is 45.7 Å². The van der Waals surface area contributed by atoms with Gasteiger partial charge in [0.05, 0.1) is 21.7 Å². The van der Waals surface area contributed by atoms with Crippen molar-refractivity contribution in [2.45, 2.75) is 19.8 Å². The molecule has 0 spiro atoms. The molecule has 8 heteroatoms. The maximum Gasteiger partial charge on any atom is 0.306 e. The van der Waals surface area contributed by atoms with E-state index in [0.717, 1.165) is 11.4 Å².